The number of rotatable bonds is 8. The second kappa shape index (κ2) is 10.1. The highest BCUT2D eigenvalue weighted by Gasteiger charge is 2.25. The van der Waals surface area contributed by atoms with Gasteiger partial charge in [0.25, 0.3) is 0 Å². The normalized spacial score (nSPS) is 15.5. The van der Waals surface area contributed by atoms with Crippen molar-refractivity contribution in [3.63, 3.8) is 0 Å². The molecule has 28 heavy (non-hydrogen) atoms. The number of nitrogens with one attached hydrogen (secondary N) is 1. The van der Waals surface area contributed by atoms with E-state index in [1.165, 1.54) is 27.4 Å². The van der Waals surface area contributed by atoms with Crippen molar-refractivity contribution in [3.05, 3.63) is 24.3 Å². The van der Waals surface area contributed by atoms with Crippen molar-refractivity contribution in [1.82, 2.24) is 14.5 Å². The third-order valence-corrected chi connectivity index (χ3v) is 9.06. The topological polar surface area (TPSA) is 92.3 Å². The summed E-state index contributed by atoms with van der Waals surface area (Å²) in [4.78, 5) is 12.4. The van der Waals surface area contributed by atoms with E-state index in [0.717, 1.165) is 33.7 Å². The van der Waals surface area contributed by atoms with Gasteiger partial charge >= 0.3 is 0 Å². The molecule has 0 bridgehead atoms. The van der Waals surface area contributed by atoms with Crippen LogP contribution in [-0.4, -0.2) is 53.4 Å². The van der Waals surface area contributed by atoms with Gasteiger partial charge in [0.15, 0.2) is 8.68 Å². The van der Waals surface area contributed by atoms with Gasteiger partial charge in [-0.15, -0.1) is 10.2 Å². The van der Waals surface area contributed by atoms with E-state index in [1.807, 2.05) is 0 Å². The molecule has 0 spiro atoms. The molecule has 1 N–H and O–H groups in total. The SMILES string of the molecule is CCSc1nnc(SCC(=O)Nc2ccc(S(=O)(=O)N3CCCCC3)cc2)s1. The van der Waals surface area contributed by atoms with Crippen LogP contribution in [-0.2, 0) is 14.8 Å². The summed E-state index contributed by atoms with van der Waals surface area (Å²) < 4.78 is 28.5. The smallest absolute Gasteiger partial charge is 0.243 e. The van der Waals surface area contributed by atoms with Crippen LogP contribution in [0.1, 0.15) is 26.2 Å². The Hall–Kier alpha value is -1.14. The van der Waals surface area contributed by atoms with Crippen molar-refractivity contribution in [3.8, 4) is 0 Å². The van der Waals surface area contributed by atoms with Gasteiger partial charge in [-0.1, -0.05) is 48.2 Å². The van der Waals surface area contributed by atoms with Gasteiger partial charge in [-0.3, -0.25) is 4.79 Å². The maximum absolute atomic E-state index is 12.7. The number of hydrogen-bond acceptors (Lipinski definition) is 8. The molecule has 1 amide bonds. The number of nitrogens with zero attached hydrogens (tertiary/aromatic N) is 3. The van der Waals surface area contributed by atoms with E-state index < -0.39 is 10.0 Å². The lowest BCUT2D eigenvalue weighted by molar-refractivity contribution is -0.113. The highest BCUT2D eigenvalue weighted by molar-refractivity contribution is 8.03. The molecule has 1 aliphatic heterocycles. The first-order valence-electron chi connectivity index (χ1n) is 8.98. The molecule has 1 aliphatic rings. The summed E-state index contributed by atoms with van der Waals surface area (Å²) >= 11 is 4.44. The average Bonchev–Trinajstić information content (AvgIpc) is 3.15. The summed E-state index contributed by atoms with van der Waals surface area (Å²) in [5.74, 6) is 0.985. The average molecular weight is 459 g/mol. The van der Waals surface area contributed by atoms with Gasteiger partial charge in [-0.05, 0) is 42.9 Å². The summed E-state index contributed by atoms with van der Waals surface area (Å²) in [6.45, 7) is 3.19. The monoisotopic (exact) mass is 458 g/mol. The number of benzene rings is 1. The van der Waals surface area contributed by atoms with Crippen molar-refractivity contribution >= 4 is 56.5 Å². The molecule has 3 rings (SSSR count). The zero-order valence-electron chi connectivity index (χ0n) is 15.5. The quantitative estimate of drug-likeness (QED) is 0.605. The van der Waals surface area contributed by atoms with Gasteiger partial charge in [-0.2, -0.15) is 4.31 Å². The molecule has 1 saturated heterocycles. The van der Waals surface area contributed by atoms with Gasteiger partial charge in [0, 0.05) is 18.8 Å². The minimum Gasteiger partial charge on any atom is -0.325 e. The van der Waals surface area contributed by atoms with E-state index in [-0.39, 0.29) is 16.6 Å². The molecule has 152 valence electrons. The maximum atomic E-state index is 12.7. The summed E-state index contributed by atoms with van der Waals surface area (Å²) in [5, 5.41) is 10.9. The third-order valence-electron chi connectivity index (χ3n) is 4.07. The zero-order valence-corrected chi connectivity index (χ0v) is 18.7. The molecule has 2 aromatic rings. The first-order chi connectivity index (χ1) is 13.5. The molecule has 2 heterocycles. The minimum atomic E-state index is -3.46. The Kier molecular flexibility index (Phi) is 7.75. The second-order valence-corrected chi connectivity index (χ2v) is 11.7. The fraction of sp³-hybridized carbons (Fsp3) is 0.471. The Balaban J connectivity index is 1.53. The third kappa shape index (κ3) is 5.69. The Morgan fingerprint density at radius 2 is 1.75 bits per heavy atom. The number of anilines is 1. The molecule has 7 nitrogen and oxygen atoms in total. The highest BCUT2D eigenvalue weighted by Crippen LogP contribution is 2.28. The number of hydrogen-bond donors (Lipinski definition) is 1. The second-order valence-electron chi connectivity index (χ2n) is 6.09. The van der Waals surface area contributed by atoms with Gasteiger partial charge in [0.2, 0.25) is 15.9 Å². The first kappa shape index (κ1) is 21.6. The summed E-state index contributed by atoms with van der Waals surface area (Å²) in [6.07, 6.45) is 2.88. The molecule has 0 aliphatic carbocycles. The highest BCUT2D eigenvalue weighted by atomic mass is 32.2. The number of carbonyl (C=O) groups excluding carboxylic acids is 1. The summed E-state index contributed by atoms with van der Waals surface area (Å²) in [5.41, 5.74) is 0.572. The lowest BCUT2D eigenvalue weighted by Crippen LogP contribution is -2.35. The fourth-order valence-electron chi connectivity index (χ4n) is 2.73. The van der Waals surface area contributed by atoms with Crippen molar-refractivity contribution in [1.29, 1.82) is 0 Å². The number of carbonyl (C=O) groups is 1. The standard InChI is InChI=1S/C17H22N4O3S4/c1-2-25-16-19-20-17(27-16)26-12-15(22)18-13-6-8-14(9-7-13)28(23,24)21-10-4-3-5-11-21/h6-9H,2-5,10-12H2,1H3,(H,18,22). The Morgan fingerprint density at radius 3 is 2.39 bits per heavy atom. The van der Waals surface area contributed by atoms with Crippen molar-refractivity contribution in [2.45, 2.75) is 39.8 Å². The van der Waals surface area contributed by atoms with E-state index >= 15 is 0 Å². The van der Waals surface area contributed by atoms with Crippen molar-refractivity contribution < 1.29 is 13.2 Å². The molecule has 0 unspecified atom stereocenters. The molecule has 1 aromatic carbocycles. The number of sulfonamides is 1. The van der Waals surface area contributed by atoms with Crippen LogP contribution in [0.15, 0.2) is 37.8 Å². The Labute approximate surface area is 177 Å². The number of amides is 1. The number of aromatic nitrogens is 2. The molecule has 0 atom stereocenters. The molecule has 1 fully saturated rings. The van der Waals surface area contributed by atoms with Crippen molar-refractivity contribution in [2.24, 2.45) is 0 Å². The molecule has 0 radical (unpaired) electrons. The Morgan fingerprint density at radius 1 is 1.11 bits per heavy atom. The lowest BCUT2D eigenvalue weighted by atomic mass is 10.2. The van der Waals surface area contributed by atoms with Gasteiger partial charge in [0.05, 0.1) is 10.6 Å². The molecule has 11 heteroatoms. The fourth-order valence-corrected chi connectivity index (χ4v) is 6.96. The molecular weight excluding hydrogens is 436 g/mol. The molecule has 0 saturated carbocycles. The Bertz CT molecular complexity index is 893. The van der Waals surface area contributed by atoms with Crippen LogP contribution in [0.25, 0.3) is 0 Å². The van der Waals surface area contributed by atoms with Crippen LogP contribution in [0.4, 0.5) is 5.69 Å². The van der Waals surface area contributed by atoms with E-state index in [9.17, 15) is 13.2 Å². The molecular formula is C17H22N4O3S4. The maximum Gasteiger partial charge on any atom is 0.243 e. The molecule has 1 aromatic heterocycles. The van der Waals surface area contributed by atoms with Gasteiger partial charge < -0.3 is 5.32 Å². The van der Waals surface area contributed by atoms with E-state index in [0.29, 0.717) is 18.8 Å². The predicted molar refractivity (Wildman–Crippen MR) is 115 cm³/mol. The summed E-state index contributed by atoms with van der Waals surface area (Å²) in [7, 11) is -3.46. The summed E-state index contributed by atoms with van der Waals surface area (Å²) in [6, 6.07) is 6.35. The van der Waals surface area contributed by atoms with E-state index in [1.54, 1.807) is 36.0 Å². The van der Waals surface area contributed by atoms with Gasteiger partial charge in [-0.25, -0.2) is 8.42 Å². The number of thioether (sulfide) groups is 2. The zero-order chi connectivity index (χ0) is 20.0. The van der Waals surface area contributed by atoms with Crippen LogP contribution < -0.4 is 5.32 Å². The van der Waals surface area contributed by atoms with Gasteiger partial charge in [0.1, 0.15) is 0 Å². The van der Waals surface area contributed by atoms with E-state index in [4.69, 9.17) is 0 Å². The largest absolute Gasteiger partial charge is 0.325 e. The van der Waals surface area contributed by atoms with Crippen LogP contribution >= 0.6 is 34.9 Å². The van der Waals surface area contributed by atoms with Crippen LogP contribution in [0.2, 0.25) is 0 Å². The predicted octanol–water partition coefficient (Wildman–Crippen LogP) is 3.56. The van der Waals surface area contributed by atoms with E-state index in [2.05, 4.69) is 22.4 Å². The van der Waals surface area contributed by atoms with Crippen LogP contribution in [0.3, 0.4) is 0 Å². The van der Waals surface area contributed by atoms with Crippen LogP contribution in [0, 0.1) is 0 Å². The van der Waals surface area contributed by atoms with Crippen LogP contribution in [0.5, 0.6) is 0 Å². The van der Waals surface area contributed by atoms with Crippen molar-refractivity contribution in [2.75, 3.05) is 29.9 Å². The first-order valence-corrected chi connectivity index (χ1v) is 13.2. The lowest BCUT2D eigenvalue weighted by Gasteiger charge is -2.25. The minimum absolute atomic E-state index is 0.170. The number of piperidine rings is 1.